The van der Waals surface area contributed by atoms with E-state index in [0.717, 1.165) is 9.79 Å². The second-order valence-corrected chi connectivity index (χ2v) is 4.95. The summed E-state index contributed by atoms with van der Waals surface area (Å²) in [6.07, 6.45) is 0. The molecule has 17 heavy (non-hydrogen) atoms. The second kappa shape index (κ2) is 5.54. The Balaban J connectivity index is 2.29. The molecule has 2 aromatic carbocycles. The van der Waals surface area contributed by atoms with Gasteiger partial charge in [-0.1, -0.05) is 29.4 Å². The molecule has 0 saturated heterocycles. The molecule has 0 aliphatic rings. The lowest BCUT2D eigenvalue weighted by Gasteiger charge is -2.08. The number of halogens is 2. The normalized spacial score (nSPS) is 10.5. The van der Waals surface area contributed by atoms with Gasteiger partial charge < -0.3 is 5.11 Å². The van der Waals surface area contributed by atoms with Crippen LogP contribution in [0.3, 0.4) is 0 Å². The molecule has 0 bridgehead atoms. The van der Waals surface area contributed by atoms with Crippen LogP contribution in [0, 0.1) is 5.82 Å². The number of hydrogen-bond donors (Lipinski definition) is 1. The van der Waals surface area contributed by atoms with Crippen LogP contribution in [0.4, 0.5) is 4.39 Å². The fourth-order valence-corrected chi connectivity index (χ4v) is 2.68. The predicted octanol–water partition coefficient (Wildman–Crippen LogP) is 4.12. The van der Waals surface area contributed by atoms with Crippen molar-refractivity contribution >= 4 is 23.4 Å². The molecule has 2 aromatic rings. The topological polar surface area (TPSA) is 20.2 Å². The number of aliphatic hydroxyl groups excluding tert-OH is 1. The van der Waals surface area contributed by atoms with Gasteiger partial charge in [0.2, 0.25) is 0 Å². The Kier molecular flexibility index (Phi) is 4.05. The third kappa shape index (κ3) is 3.00. The van der Waals surface area contributed by atoms with Gasteiger partial charge in [-0.05, 0) is 36.4 Å². The summed E-state index contributed by atoms with van der Waals surface area (Å²) in [7, 11) is 0. The van der Waals surface area contributed by atoms with Crippen molar-refractivity contribution in [3.05, 3.63) is 58.9 Å². The lowest BCUT2D eigenvalue weighted by atomic mass is 10.2. The summed E-state index contributed by atoms with van der Waals surface area (Å²) in [5.41, 5.74) is 0.698. The maximum atomic E-state index is 12.8. The second-order valence-electron chi connectivity index (χ2n) is 3.43. The summed E-state index contributed by atoms with van der Waals surface area (Å²) < 4.78 is 12.8. The van der Waals surface area contributed by atoms with Crippen molar-refractivity contribution in [2.24, 2.45) is 0 Å². The van der Waals surface area contributed by atoms with Crippen LogP contribution >= 0.6 is 23.4 Å². The third-order valence-electron chi connectivity index (χ3n) is 2.28. The molecule has 0 aliphatic carbocycles. The van der Waals surface area contributed by atoms with Gasteiger partial charge in [0.15, 0.2) is 0 Å². The van der Waals surface area contributed by atoms with E-state index in [4.69, 9.17) is 11.6 Å². The fourth-order valence-electron chi connectivity index (χ4n) is 1.42. The van der Waals surface area contributed by atoms with Crippen LogP contribution in [-0.2, 0) is 6.61 Å². The Morgan fingerprint density at radius 1 is 1.12 bits per heavy atom. The Bertz CT molecular complexity index is 513. The molecule has 88 valence electrons. The molecule has 0 atom stereocenters. The van der Waals surface area contributed by atoms with E-state index in [1.165, 1.54) is 23.9 Å². The lowest BCUT2D eigenvalue weighted by Crippen LogP contribution is -1.88. The number of rotatable bonds is 3. The molecule has 2 rings (SSSR count). The summed E-state index contributed by atoms with van der Waals surface area (Å²) in [4.78, 5) is 1.79. The van der Waals surface area contributed by atoms with E-state index in [-0.39, 0.29) is 12.4 Å². The maximum Gasteiger partial charge on any atom is 0.123 e. The summed E-state index contributed by atoms with van der Waals surface area (Å²) in [6, 6.07) is 11.7. The number of hydrogen-bond acceptors (Lipinski definition) is 2. The van der Waals surface area contributed by atoms with E-state index in [2.05, 4.69) is 0 Å². The smallest absolute Gasteiger partial charge is 0.123 e. The van der Waals surface area contributed by atoms with Crippen molar-refractivity contribution in [3.63, 3.8) is 0 Å². The minimum absolute atomic E-state index is 0.108. The van der Waals surface area contributed by atoms with Crippen LogP contribution in [-0.4, -0.2) is 5.11 Å². The van der Waals surface area contributed by atoms with Crippen molar-refractivity contribution in [2.75, 3.05) is 0 Å². The molecule has 1 nitrogen and oxygen atoms in total. The summed E-state index contributed by atoms with van der Waals surface area (Å²) in [6.45, 7) is -0.108. The van der Waals surface area contributed by atoms with Crippen molar-refractivity contribution in [3.8, 4) is 0 Å². The first kappa shape index (κ1) is 12.4. The van der Waals surface area contributed by atoms with Crippen molar-refractivity contribution in [1.82, 2.24) is 0 Å². The van der Waals surface area contributed by atoms with Gasteiger partial charge in [0, 0.05) is 20.4 Å². The van der Waals surface area contributed by atoms with Gasteiger partial charge in [0.05, 0.1) is 6.61 Å². The van der Waals surface area contributed by atoms with Crippen molar-refractivity contribution in [2.45, 2.75) is 16.4 Å². The summed E-state index contributed by atoms with van der Waals surface area (Å²) in [5, 5.41) is 9.80. The molecule has 0 radical (unpaired) electrons. The van der Waals surface area contributed by atoms with Crippen LogP contribution in [0.5, 0.6) is 0 Å². The Hall–Kier alpha value is -1.03. The highest BCUT2D eigenvalue weighted by atomic mass is 35.5. The number of aliphatic hydroxyl groups is 1. The van der Waals surface area contributed by atoms with E-state index >= 15 is 0 Å². The van der Waals surface area contributed by atoms with Crippen LogP contribution in [0.25, 0.3) is 0 Å². The molecule has 0 aliphatic heterocycles. The quantitative estimate of drug-likeness (QED) is 0.903. The van der Waals surface area contributed by atoms with E-state index in [9.17, 15) is 9.50 Å². The van der Waals surface area contributed by atoms with Gasteiger partial charge in [0.25, 0.3) is 0 Å². The van der Waals surface area contributed by atoms with Crippen LogP contribution in [0.2, 0.25) is 5.02 Å². The predicted molar refractivity (Wildman–Crippen MR) is 67.9 cm³/mol. The molecule has 1 N–H and O–H groups in total. The summed E-state index contributed by atoms with van der Waals surface area (Å²) >= 11 is 7.44. The first-order valence-corrected chi connectivity index (χ1v) is 6.22. The van der Waals surface area contributed by atoms with Crippen LogP contribution in [0.15, 0.2) is 52.3 Å². The minimum Gasteiger partial charge on any atom is -0.392 e. The monoisotopic (exact) mass is 268 g/mol. The van der Waals surface area contributed by atoms with E-state index in [0.29, 0.717) is 10.6 Å². The van der Waals surface area contributed by atoms with E-state index in [1.54, 1.807) is 18.2 Å². The van der Waals surface area contributed by atoms with Gasteiger partial charge >= 0.3 is 0 Å². The van der Waals surface area contributed by atoms with Crippen molar-refractivity contribution < 1.29 is 9.50 Å². The number of benzene rings is 2. The molecule has 0 aromatic heterocycles. The van der Waals surface area contributed by atoms with E-state index < -0.39 is 0 Å². The van der Waals surface area contributed by atoms with Crippen LogP contribution in [0.1, 0.15) is 5.56 Å². The third-order valence-corrected chi connectivity index (χ3v) is 3.74. The van der Waals surface area contributed by atoms with Crippen LogP contribution < -0.4 is 0 Å². The van der Waals surface area contributed by atoms with Gasteiger partial charge in [-0.2, -0.15) is 0 Å². The Morgan fingerprint density at radius 3 is 2.47 bits per heavy atom. The van der Waals surface area contributed by atoms with Crippen molar-refractivity contribution in [1.29, 1.82) is 0 Å². The zero-order valence-corrected chi connectivity index (χ0v) is 10.4. The molecule has 0 saturated carbocycles. The SMILES string of the molecule is OCc1c(Cl)cccc1Sc1ccc(F)cc1. The molecular formula is C13H10ClFOS. The molecule has 4 heteroatoms. The fraction of sp³-hybridized carbons (Fsp3) is 0.0769. The van der Waals surface area contributed by atoms with E-state index in [1.807, 2.05) is 12.1 Å². The highest BCUT2D eigenvalue weighted by Crippen LogP contribution is 2.33. The molecule has 0 heterocycles. The minimum atomic E-state index is -0.261. The standard InChI is InChI=1S/C13H10ClFOS/c14-12-2-1-3-13(11(12)8-16)17-10-6-4-9(15)5-7-10/h1-7,16H,8H2. The molecule has 0 fully saturated rings. The average molecular weight is 269 g/mol. The highest BCUT2D eigenvalue weighted by molar-refractivity contribution is 7.99. The Labute approximate surface area is 108 Å². The molecule has 0 spiro atoms. The van der Waals surface area contributed by atoms with Gasteiger partial charge in [-0.15, -0.1) is 0 Å². The summed E-state index contributed by atoms with van der Waals surface area (Å²) in [5.74, 6) is -0.261. The first-order chi connectivity index (χ1) is 8.20. The molecule has 0 amide bonds. The molecular weight excluding hydrogens is 259 g/mol. The van der Waals surface area contributed by atoms with Gasteiger partial charge in [-0.3, -0.25) is 0 Å². The molecule has 0 unspecified atom stereocenters. The first-order valence-electron chi connectivity index (χ1n) is 5.02. The average Bonchev–Trinajstić information content (AvgIpc) is 2.32. The zero-order valence-electron chi connectivity index (χ0n) is 8.86. The van der Waals surface area contributed by atoms with Gasteiger partial charge in [0.1, 0.15) is 5.82 Å². The largest absolute Gasteiger partial charge is 0.392 e. The zero-order chi connectivity index (χ0) is 12.3. The maximum absolute atomic E-state index is 12.8. The highest BCUT2D eigenvalue weighted by Gasteiger charge is 2.07. The van der Waals surface area contributed by atoms with Gasteiger partial charge in [-0.25, -0.2) is 4.39 Å². The Morgan fingerprint density at radius 2 is 1.82 bits per heavy atom. The lowest BCUT2D eigenvalue weighted by molar-refractivity contribution is 0.279.